The van der Waals surface area contributed by atoms with Crippen LogP contribution in [0.5, 0.6) is 0 Å². The van der Waals surface area contributed by atoms with E-state index in [0.29, 0.717) is 0 Å². The van der Waals surface area contributed by atoms with Crippen LogP contribution in [-0.2, 0) is 33.3 Å². The summed E-state index contributed by atoms with van der Waals surface area (Å²) in [7, 11) is 4.78. The minimum absolute atomic E-state index is 0.775. The van der Waals surface area contributed by atoms with Crippen molar-refractivity contribution in [3.8, 4) is 0 Å². The van der Waals surface area contributed by atoms with Crippen LogP contribution >= 0.6 is 0 Å². The van der Waals surface area contributed by atoms with E-state index in [9.17, 15) is 9.59 Å². The van der Waals surface area contributed by atoms with Crippen LogP contribution < -0.4 is 0 Å². The number of carbonyl (C=O) groups excluding carboxylic acids is 2. The smallest absolute Gasteiger partial charge is 0.363 e. The van der Waals surface area contributed by atoms with E-state index in [0.717, 1.165) is 14.2 Å². The lowest BCUT2D eigenvalue weighted by atomic mass is 10.6. The summed E-state index contributed by atoms with van der Waals surface area (Å²) >= 11 is 0. The lowest BCUT2D eigenvalue weighted by Gasteiger charge is -2.18. The number of carbonyl (C=O) groups is 2. The van der Waals surface area contributed by atoms with Crippen LogP contribution in [0, 0.1) is 0 Å². The average Bonchev–Trinajstić information content (AvgIpc) is 2.28. The molecule has 0 aliphatic rings. The highest BCUT2D eigenvalue weighted by Gasteiger charge is 2.28. The van der Waals surface area contributed by atoms with E-state index >= 15 is 0 Å². The quantitative estimate of drug-likeness (QED) is 0.434. The maximum absolute atomic E-state index is 11.0. The standard InChI is InChI=1S/C8H14O7/c1-11-5(9)7(13-3)15-8(14-4)6(10)12-2/h7-8H,1-4H3. The van der Waals surface area contributed by atoms with Crippen molar-refractivity contribution >= 4 is 11.9 Å². The molecular formula is C8H14O7. The van der Waals surface area contributed by atoms with E-state index in [4.69, 9.17) is 4.74 Å². The van der Waals surface area contributed by atoms with Crippen molar-refractivity contribution in [1.82, 2.24) is 0 Å². The molecule has 0 aromatic carbocycles. The third-order valence-electron chi connectivity index (χ3n) is 1.46. The summed E-state index contributed by atoms with van der Waals surface area (Å²) in [6.45, 7) is 0. The van der Waals surface area contributed by atoms with E-state index in [-0.39, 0.29) is 0 Å². The van der Waals surface area contributed by atoms with E-state index in [2.05, 4.69) is 18.9 Å². The number of esters is 2. The first-order valence-corrected chi connectivity index (χ1v) is 3.97. The fourth-order valence-electron chi connectivity index (χ4n) is 0.719. The Morgan fingerprint density at radius 3 is 1.33 bits per heavy atom. The van der Waals surface area contributed by atoms with Crippen molar-refractivity contribution < 1.29 is 33.3 Å². The Labute approximate surface area is 87.2 Å². The van der Waals surface area contributed by atoms with Gasteiger partial charge in [0.15, 0.2) is 0 Å². The van der Waals surface area contributed by atoms with Crippen LogP contribution in [0.25, 0.3) is 0 Å². The van der Waals surface area contributed by atoms with Crippen molar-refractivity contribution in [1.29, 1.82) is 0 Å². The second kappa shape index (κ2) is 7.16. The molecule has 0 aliphatic carbocycles. The fraction of sp³-hybridized carbons (Fsp3) is 0.750. The summed E-state index contributed by atoms with van der Waals surface area (Å²) in [5, 5.41) is 0. The summed E-state index contributed by atoms with van der Waals surface area (Å²) in [5.41, 5.74) is 0. The zero-order chi connectivity index (χ0) is 11.8. The lowest BCUT2D eigenvalue weighted by Crippen LogP contribution is -2.37. The number of hydrogen-bond acceptors (Lipinski definition) is 7. The molecule has 0 saturated carbocycles. The Morgan fingerprint density at radius 1 is 0.800 bits per heavy atom. The molecule has 0 spiro atoms. The van der Waals surface area contributed by atoms with Gasteiger partial charge in [0, 0.05) is 14.2 Å². The van der Waals surface area contributed by atoms with Gasteiger partial charge < -0.3 is 23.7 Å². The normalized spacial score (nSPS) is 14.1. The topological polar surface area (TPSA) is 80.3 Å². The summed E-state index contributed by atoms with van der Waals surface area (Å²) < 4.78 is 22.9. The van der Waals surface area contributed by atoms with Crippen LogP contribution in [-0.4, -0.2) is 53.0 Å². The molecule has 2 atom stereocenters. The molecule has 0 radical (unpaired) electrons. The molecule has 2 unspecified atom stereocenters. The van der Waals surface area contributed by atoms with Gasteiger partial charge in [-0.15, -0.1) is 0 Å². The molecule has 0 amide bonds. The highest BCUT2D eigenvalue weighted by Crippen LogP contribution is 2.04. The van der Waals surface area contributed by atoms with Gasteiger partial charge in [-0.2, -0.15) is 0 Å². The maximum atomic E-state index is 11.0. The molecule has 88 valence electrons. The van der Waals surface area contributed by atoms with Crippen LogP contribution in [0.3, 0.4) is 0 Å². The molecule has 0 bridgehead atoms. The number of methoxy groups -OCH3 is 4. The number of rotatable bonds is 6. The van der Waals surface area contributed by atoms with Gasteiger partial charge in [-0.05, 0) is 0 Å². The van der Waals surface area contributed by atoms with Gasteiger partial charge in [0.25, 0.3) is 12.6 Å². The van der Waals surface area contributed by atoms with Crippen LogP contribution in [0.2, 0.25) is 0 Å². The second-order valence-electron chi connectivity index (χ2n) is 2.32. The van der Waals surface area contributed by atoms with Crippen LogP contribution in [0.1, 0.15) is 0 Å². The minimum Gasteiger partial charge on any atom is -0.465 e. The van der Waals surface area contributed by atoms with Crippen molar-refractivity contribution in [2.45, 2.75) is 12.6 Å². The molecule has 0 aliphatic heterocycles. The molecule has 7 nitrogen and oxygen atoms in total. The molecule has 0 N–H and O–H groups in total. The number of hydrogen-bond donors (Lipinski definition) is 0. The van der Waals surface area contributed by atoms with Gasteiger partial charge in [0.1, 0.15) is 0 Å². The molecule has 0 fully saturated rings. The molecule has 0 heterocycles. The summed E-state index contributed by atoms with van der Waals surface area (Å²) in [6, 6.07) is 0. The average molecular weight is 222 g/mol. The second-order valence-corrected chi connectivity index (χ2v) is 2.32. The van der Waals surface area contributed by atoms with Gasteiger partial charge in [0.2, 0.25) is 0 Å². The largest absolute Gasteiger partial charge is 0.465 e. The monoisotopic (exact) mass is 222 g/mol. The van der Waals surface area contributed by atoms with E-state index in [1.165, 1.54) is 14.2 Å². The van der Waals surface area contributed by atoms with E-state index in [1.807, 2.05) is 0 Å². The van der Waals surface area contributed by atoms with Crippen molar-refractivity contribution in [3.63, 3.8) is 0 Å². The predicted molar refractivity (Wildman–Crippen MR) is 46.7 cm³/mol. The summed E-state index contributed by atoms with van der Waals surface area (Å²) in [6.07, 6.45) is -2.67. The Hall–Kier alpha value is -1.18. The zero-order valence-electron chi connectivity index (χ0n) is 9.01. The highest BCUT2D eigenvalue weighted by molar-refractivity contribution is 5.75. The fourth-order valence-corrected chi connectivity index (χ4v) is 0.719. The Bertz CT molecular complexity index is 193. The Morgan fingerprint density at radius 2 is 1.13 bits per heavy atom. The first kappa shape index (κ1) is 13.8. The zero-order valence-corrected chi connectivity index (χ0v) is 9.01. The molecule has 15 heavy (non-hydrogen) atoms. The van der Waals surface area contributed by atoms with Gasteiger partial charge in [-0.3, -0.25) is 0 Å². The van der Waals surface area contributed by atoms with Gasteiger partial charge in [0.05, 0.1) is 14.2 Å². The van der Waals surface area contributed by atoms with Gasteiger partial charge in [-0.1, -0.05) is 0 Å². The third-order valence-corrected chi connectivity index (χ3v) is 1.46. The minimum atomic E-state index is -1.33. The maximum Gasteiger partial charge on any atom is 0.363 e. The summed E-state index contributed by atoms with van der Waals surface area (Å²) in [5.74, 6) is -1.55. The third kappa shape index (κ3) is 4.24. The molecule has 0 aromatic rings. The first-order valence-electron chi connectivity index (χ1n) is 3.97. The van der Waals surface area contributed by atoms with Crippen LogP contribution in [0.4, 0.5) is 0 Å². The van der Waals surface area contributed by atoms with Crippen molar-refractivity contribution in [2.75, 3.05) is 28.4 Å². The van der Waals surface area contributed by atoms with Crippen LogP contribution in [0.15, 0.2) is 0 Å². The van der Waals surface area contributed by atoms with Gasteiger partial charge >= 0.3 is 11.9 Å². The van der Waals surface area contributed by atoms with E-state index < -0.39 is 24.5 Å². The SMILES string of the molecule is COC(=O)C(OC)OC(OC)C(=O)OC. The predicted octanol–water partition coefficient (Wildman–Crippen LogP) is -0.706. The molecule has 0 aromatic heterocycles. The van der Waals surface area contributed by atoms with Crippen molar-refractivity contribution in [2.24, 2.45) is 0 Å². The Kier molecular flexibility index (Phi) is 6.59. The molecule has 0 saturated heterocycles. The highest BCUT2D eigenvalue weighted by atomic mass is 16.8. The lowest BCUT2D eigenvalue weighted by molar-refractivity contribution is -0.241. The molecule has 7 heteroatoms. The molecular weight excluding hydrogens is 208 g/mol. The first-order chi connectivity index (χ1) is 7.10. The van der Waals surface area contributed by atoms with Crippen molar-refractivity contribution in [3.05, 3.63) is 0 Å². The van der Waals surface area contributed by atoms with Gasteiger partial charge in [-0.25, -0.2) is 9.59 Å². The Balaban J connectivity index is 4.36. The molecule has 0 rings (SSSR count). The number of ether oxygens (including phenoxy) is 5. The summed E-state index contributed by atoms with van der Waals surface area (Å²) in [4.78, 5) is 22.1. The van der Waals surface area contributed by atoms with E-state index in [1.54, 1.807) is 0 Å².